The van der Waals surface area contributed by atoms with Crippen molar-refractivity contribution >= 4 is 44.5 Å². The molecule has 1 fully saturated rings. The summed E-state index contributed by atoms with van der Waals surface area (Å²) in [7, 11) is 0. The molecule has 0 bridgehead atoms. The Hall–Kier alpha value is -3.07. The standard InChI is InChI=1S/C30H34BrF2N3O3/c1-18-27(23-15-20(31)8-11-25(23)35-28(18)36-13-5-6-14-36)29(38)34-17-19(7-12-26(37)39-30(2,3)4)22-16-21(32)9-10-24(22)33/h8-11,15-16,19H,5-7,12-14,17H2,1-4H3,(H,34,38). The summed E-state index contributed by atoms with van der Waals surface area (Å²) in [6.07, 6.45) is 2.31. The van der Waals surface area contributed by atoms with Gasteiger partial charge in [-0.15, -0.1) is 0 Å². The third kappa shape index (κ3) is 7.12. The first-order chi connectivity index (χ1) is 18.4. The number of carbonyl (C=O) groups excluding carboxylic acids is 2. The van der Waals surface area contributed by atoms with Crippen molar-refractivity contribution in [1.82, 2.24) is 10.3 Å². The lowest BCUT2D eigenvalue weighted by Gasteiger charge is -2.24. The Kier molecular flexibility index (Phi) is 8.89. The zero-order valence-corrected chi connectivity index (χ0v) is 24.3. The molecule has 0 spiro atoms. The SMILES string of the molecule is Cc1c(N2CCCC2)nc2ccc(Br)cc2c1C(=O)NCC(CCC(=O)OC(C)(C)C)c1cc(F)ccc1F. The lowest BCUT2D eigenvalue weighted by Crippen LogP contribution is -2.31. The topological polar surface area (TPSA) is 71.5 Å². The Balaban J connectivity index is 1.63. The van der Waals surface area contributed by atoms with E-state index in [1.54, 1.807) is 20.8 Å². The molecule has 2 heterocycles. The van der Waals surface area contributed by atoms with Gasteiger partial charge in [-0.2, -0.15) is 0 Å². The van der Waals surface area contributed by atoms with Gasteiger partial charge in [0.25, 0.3) is 5.91 Å². The van der Waals surface area contributed by atoms with Gasteiger partial charge in [0, 0.05) is 47.4 Å². The largest absolute Gasteiger partial charge is 0.460 e. The van der Waals surface area contributed by atoms with Crippen LogP contribution in [0.25, 0.3) is 10.9 Å². The normalized spacial score (nSPS) is 14.5. The molecule has 2 aromatic carbocycles. The first-order valence-corrected chi connectivity index (χ1v) is 14.0. The molecule has 0 radical (unpaired) electrons. The number of nitrogens with zero attached hydrogens (tertiary/aromatic N) is 2. The molecule has 208 valence electrons. The summed E-state index contributed by atoms with van der Waals surface area (Å²) in [6.45, 7) is 8.96. The van der Waals surface area contributed by atoms with Crippen molar-refractivity contribution in [3.63, 3.8) is 0 Å². The number of carbonyl (C=O) groups is 2. The van der Waals surface area contributed by atoms with E-state index in [1.807, 2.05) is 25.1 Å². The van der Waals surface area contributed by atoms with Crippen LogP contribution >= 0.6 is 15.9 Å². The average molecular weight is 603 g/mol. The Morgan fingerprint density at radius 3 is 2.54 bits per heavy atom. The van der Waals surface area contributed by atoms with Gasteiger partial charge in [-0.3, -0.25) is 9.59 Å². The van der Waals surface area contributed by atoms with Crippen molar-refractivity contribution in [3.05, 3.63) is 69.2 Å². The molecular weight excluding hydrogens is 568 g/mol. The molecule has 1 N–H and O–H groups in total. The maximum Gasteiger partial charge on any atom is 0.306 e. The number of ether oxygens (including phenoxy) is 1. The fourth-order valence-electron chi connectivity index (χ4n) is 5.03. The molecule has 1 aromatic heterocycles. The molecule has 1 unspecified atom stereocenters. The Morgan fingerprint density at radius 2 is 1.85 bits per heavy atom. The highest BCUT2D eigenvalue weighted by atomic mass is 79.9. The van der Waals surface area contributed by atoms with Crippen LogP contribution in [0, 0.1) is 18.6 Å². The minimum Gasteiger partial charge on any atom is -0.460 e. The fourth-order valence-corrected chi connectivity index (χ4v) is 5.39. The number of halogens is 3. The predicted molar refractivity (Wildman–Crippen MR) is 152 cm³/mol. The van der Waals surface area contributed by atoms with E-state index in [2.05, 4.69) is 26.1 Å². The summed E-state index contributed by atoms with van der Waals surface area (Å²) in [5.41, 5.74) is 1.41. The minimum absolute atomic E-state index is 0.00295. The summed E-state index contributed by atoms with van der Waals surface area (Å²) >= 11 is 3.50. The zero-order chi connectivity index (χ0) is 28.3. The van der Waals surface area contributed by atoms with Gasteiger partial charge in [0.15, 0.2) is 0 Å². The summed E-state index contributed by atoms with van der Waals surface area (Å²) < 4.78 is 35.1. The van der Waals surface area contributed by atoms with E-state index in [1.165, 1.54) is 0 Å². The Labute approximate surface area is 236 Å². The maximum absolute atomic E-state index is 14.8. The number of hydrogen-bond acceptors (Lipinski definition) is 5. The average Bonchev–Trinajstić information content (AvgIpc) is 3.39. The molecule has 1 aliphatic rings. The summed E-state index contributed by atoms with van der Waals surface area (Å²) in [6, 6.07) is 8.86. The van der Waals surface area contributed by atoms with E-state index in [-0.39, 0.29) is 30.9 Å². The van der Waals surface area contributed by atoms with Crippen LogP contribution < -0.4 is 10.2 Å². The van der Waals surface area contributed by atoms with Crippen LogP contribution in [-0.2, 0) is 9.53 Å². The zero-order valence-electron chi connectivity index (χ0n) is 22.7. The highest BCUT2D eigenvalue weighted by molar-refractivity contribution is 9.10. The van der Waals surface area contributed by atoms with Gasteiger partial charge in [-0.1, -0.05) is 15.9 Å². The van der Waals surface area contributed by atoms with Crippen molar-refractivity contribution in [2.24, 2.45) is 0 Å². The Morgan fingerprint density at radius 1 is 1.13 bits per heavy atom. The number of benzene rings is 2. The van der Waals surface area contributed by atoms with E-state index in [9.17, 15) is 18.4 Å². The second-order valence-electron chi connectivity index (χ2n) is 11.0. The third-order valence-corrected chi connectivity index (χ3v) is 7.31. The second-order valence-corrected chi connectivity index (χ2v) is 11.9. The second kappa shape index (κ2) is 12.0. The summed E-state index contributed by atoms with van der Waals surface area (Å²) in [5.74, 6) is -1.81. The number of rotatable bonds is 8. The number of anilines is 1. The molecule has 6 nitrogen and oxygen atoms in total. The fraction of sp³-hybridized carbons (Fsp3) is 0.433. The first kappa shape index (κ1) is 28.9. The number of nitrogens with one attached hydrogen (secondary N) is 1. The van der Waals surface area contributed by atoms with E-state index >= 15 is 0 Å². The molecule has 3 aromatic rings. The summed E-state index contributed by atoms with van der Waals surface area (Å²) in [4.78, 5) is 33.2. The molecule has 9 heteroatoms. The van der Waals surface area contributed by atoms with E-state index < -0.39 is 29.1 Å². The number of pyridine rings is 1. The maximum atomic E-state index is 14.8. The van der Waals surface area contributed by atoms with Crippen LogP contribution in [-0.4, -0.2) is 42.1 Å². The van der Waals surface area contributed by atoms with Crippen molar-refractivity contribution in [3.8, 4) is 0 Å². The van der Waals surface area contributed by atoms with Gasteiger partial charge < -0.3 is 15.0 Å². The minimum atomic E-state index is -0.661. The lowest BCUT2D eigenvalue weighted by atomic mass is 9.93. The molecule has 1 aliphatic heterocycles. The van der Waals surface area contributed by atoms with Gasteiger partial charge in [0.2, 0.25) is 0 Å². The lowest BCUT2D eigenvalue weighted by molar-refractivity contribution is -0.155. The number of aromatic nitrogens is 1. The number of esters is 1. The van der Waals surface area contributed by atoms with Crippen molar-refractivity contribution in [1.29, 1.82) is 0 Å². The number of fused-ring (bicyclic) bond motifs is 1. The Bertz CT molecular complexity index is 1380. The van der Waals surface area contributed by atoms with Crippen LogP contribution in [0.2, 0.25) is 0 Å². The van der Waals surface area contributed by atoms with Crippen LogP contribution in [0.15, 0.2) is 40.9 Å². The quantitative estimate of drug-likeness (QED) is 0.287. The molecule has 0 saturated carbocycles. The van der Waals surface area contributed by atoms with Gasteiger partial charge >= 0.3 is 5.97 Å². The molecule has 0 aliphatic carbocycles. The van der Waals surface area contributed by atoms with E-state index in [4.69, 9.17) is 9.72 Å². The molecule has 39 heavy (non-hydrogen) atoms. The van der Waals surface area contributed by atoms with Crippen LogP contribution in [0.3, 0.4) is 0 Å². The number of amides is 1. The van der Waals surface area contributed by atoms with Crippen LogP contribution in [0.4, 0.5) is 14.6 Å². The highest BCUT2D eigenvalue weighted by Gasteiger charge is 2.26. The molecule has 1 atom stereocenters. The smallest absolute Gasteiger partial charge is 0.306 e. The van der Waals surface area contributed by atoms with Gasteiger partial charge in [-0.05, 0) is 88.9 Å². The first-order valence-electron chi connectivity index (χ1n) is 13.2. The van der Waals surface area contributed by atoms with Gasteiger partial charge in [0.05, 0.1) is 11.1 Å². The van der Waals surface area contributed by atoms with Gasteiger partial charge in [-0.25, -0.2) is 13.8 Å². The molecule has 1 saturated heterocycles. The van der Waals surface area contributed by atoms with Gasteiger partial charge in [0.1, 0.15) is 23.1 Å². The van der Waals surface area contributed by atoms with E-state index in [0.29, 0.717) is 16.5 Å². The predicted octanol–water partition coefficient (Wildman–Crippen LogP) is 6.82. The third-order valence-electron chi connectivity index (χ3n) is 6.82. The number of hydrogen-bond donors (Lipinski definition) is 1. The monoisotopic (exact) mass is 601 g/mol. The molecular formula is C30H34BrF2N3O3. The van der Waals surface area contributed by atoms with Crippen molar-refractivity contribution < 1.29 is 23.1 Å². The van der Waals surface area contributed by atoms with Crippen LogP contribution in [0.1, 0.15) is 73.9 Å². The highest BCUT2D eigenvalue weighted by Crippen LogP contribution is 2.32. The van der Waals surface area contributed by atoms with Crippen LogP contribution in [0.5, 0.6) is 0 Å². The summed E-state index contributed by atoms with van der Waals surface area (Å²) in [5, 5.41) is 3.64. The molecule has 1 amide bonds. The van der Waals surface area contributed by atoms with Crippen molar-refractivity contribution in [2.45, 2.75) is 64.9 Å². The van der Waals surface area contributed by atoms with E-state index in [0.717, 1.165) is 60.0 Å². The van der Waals surface area contributed by atoms with Crippen molar-refractivity contribution in [2.75, 3.05) is 24.5 Å². The molecule has 4 rings (SSSR count).